The van der Waals surface area contributed by atoms with E-state index in [1.54, 1.807) is 55.6 Å². The number of methoxy groups -OCH3 is 1. The van der Waals surface area contributed by atoms with Crippen LogP contribution in [-0.4, -0.2) is 21.4 Å². The number of benzene rings is 3. The van der Waals surface area contributed by atoms with Gasteiger partial charge < -0.3 is 10.1 Å². The molecule has 3 aromatic carbocycles. The summed E-state index contributed by atoms with van der Waals surface area (Å²) < 4.78 is 33.2. The Labute approximate surface area is 202 Å². The van der Waals surface area contributed by atoms with E-state index in [2.05, 4.69) is 30.0 Å². The van der Waals surface area contributed by atoms with E-state index in [9.17, 15) is 13.2 Å². The summed E-state index contributed by atoms with van der Waals surface area (Å²) in [5.41, 5.74) is 4.97. The molecule has 0 saturated carbocycles. The lowest BCUT2D eigenvalue weighted by molar-refractivity contribution is 0.0940. The number of hydrogen-bond donors (Lipinski definition) is 2. The van der Waals surface area contributed by atoms with Gasteiger partial charge in [0.1, 0.15) is 5.75 Å². The third kappa shape index (κ3) is 5.78. The molecule has 34 heavy (non-hydrogen) atoms. The summed E-state index contributed by atoms with van der Waals surface area (Å²) in [5, 5.41) is 3.04. The van der Waals surface area contributed by atoms with Gasteiger partial charge in [-0.1, -0.05) is 31.5 Å². The molecule has 0 aromatic heterocycles. The second-order valence-corrected chi connectivity index (χ2v) is 10.5. The third-order valence-corrected chi connectivity index (χ3v) is 7.18. The number of ether oxygens (including phenoxy) is 1. The van der Waals surface area contributed by atoms with E-state index in [0.717, 1.165) is 28.0 Å². The maximum absolute atomic E-state index is 12.9. The zero-order chi connectivity index (χ0) is 25.0. The number of carbonyl (C=O) groups excluding carboxylic acids is 1. The number of nitrogens with one attached hydrogen (secondary N) is 2. The highest BCUT2D eigenvalue weighted by molar-refractivity contribution is 7.92. The number of amides is 1. The third-order valence-electron chi connectivity index (χ3n) is 5.79. The van der Waals surface area contributed by atoms with E-state index >= 15 is 0 Å². The molecule has 0 bridgehead atoms. The van der Waals surface area contributed by atoms with Crippen LogP contribution < -0.4 is 14.8 Å². The quantitative estimate of drug-likeness (QED) is 0.431. The molecule has 0 radical (unpaired) electrons. The van der Waals surface area contributed by atoms with E-state index in [1.165, 1.54) is 0 Å². The Balaban J connectivity index is 1.73. The van der Waals surface area contributed by atoms with Gasteiger partial charge in [0.25, 0.3) is 15.9 Å². The average Bonchev–Trinajstić information content (AvgIpc) is 2.78. The molecule has 2 N–H and O–H groups in total. The smallest absolute Gasteiger partial charge is 0.261 e. The van der Waals surface area contributed by atoms with Crippen LogP contribution in [0.3, 0.4) is 0 Å². The normalized spacial score (nSPS) is 12.3. The molecule has 7 heteroatoms. The van der Waals surface area contributed by atoms with Crippen LogP contribution in [0.25, 0.3) is 0 Å². The summed E-state index contributed by atoms with van der Waals surface area (Å²) in [7, 11) is -2.04. The molecule has 3 aromatic rings. The lowest BCUT2D eigenvalue weighted by atomic mass is 9.93. The fraction of sp³-hybridized carbons (Fsp3) is 0.296. The zero-order valence-electron chi connectivity index (χ0n) is 20.5. The van der Waals surface area contributed by atoms with Crippen LogP contribution in [0.2, 0.25) is 0 Å². The van der Waals surface area contributed by atoms with Crippen molar-refractivity contribution in [3.63, 3.8) is 0 Å². The molecule has 0 aliphatic carbocycles. The SMILES string of the molecule is COc1cc(C)c(C(C)NC(=O)c2ccc(NS(=O)(=O)c3ccc(C)cc3)cc2)cc1C(C)C. The highest BCUT2D eigenvalue weighted by Gasteiger charge is 2.18. The molecule has 0 saturated heterocycles. The minimum Gasteiger partial charge on any atom is -0.496 e. The van der Waals surface area contributed by atoms with Gasteiger partial charge in [-0.2, -0.15) is 0 Å². The number of sulfonamides is 1. The van der Waals surface area contributed by atoms with Gasteiger partial charge in [-0.3, -0.25) is 9.52 Å². The second-order valence-electron chi connectivity index (χ2n) is 8.80. The number of anilines is 1. The van der Waals surface area contributed by atoms with E-state index in [1.807, 2.05) is 26.8 Å². The summed E-state index contributed by atoms with van der Waals surface area (Å²) in [6, 6.07) is 16.9. The molecule has 3 rings (SSSR count). The Hall–Kier alpha value is -3.32. The van der Waals surface area contributed by atoms with Crippen LogP contribution in [0.1, 0.15) is 65.3 Å². The van der Waals surface area contributed by atoms with Crippen molar-refractivity contribution in [2.75, 3.05) is 11.8 Å². The molecule has 0 heterocycles. The van der Waals surface area contributed by atoms with E-state index in [0.29, 0.717) is 11.3 Å². The van der Waals surface area contributed by atoms with Gasteiger partial charge in [-0.05, 0) is 91.9 Å². The van der Waals surface area contributed by atoms with Crippen molar-refractivity contribution in [2.24, 2.45) is 0 Å². The van der Waals surface area contributed by atoms with Gasteiger partial charge >= 0.3 is 0 Å². The summed E-state index contributed by atoms with van der Waals surface area (Å²) in [4.78, 5) is 13.0. The second kappa shape index (κ2) is 10.3. The monoisotopic (exact) mass is 480 g/mol. The number of rotatable bonds is 8. The summed E-state index contributed by atoms with van der Waals surface area (Å²) in [6.45, 7) is 10.1. The maximum Gasteiger partial charge on any atom is 0.261 e. The Morgan fingerprint density at radius 2 is 1.50 bits per heavy atom. The van der Waals surface area contributed by atoms with Gasteiger partial charge in [-0.25, -0.2) is 8.42 Å². The summed E-state index contributed by atoms with van der Waals surface area (Å²) >= 11 is 0. The van der Waals surface area contributed by atoms with E-state index in [4.69, 9.17) is 4.74 Å². The van der Waals surface area contributed by atoms with Crippen LogP contribution in [0.5, 0.6) is 5.75 Å². The zero-order valence-corrected chi connectivity index (χ0v) is 21.3. The Kier molecular flexibility index (Phi) is 7.67. The first kappa shape index (κ1) is 25.3. The molecular formula is C27H32N2O4S. The van der Waals surface area contributed by atoms with Crippen molar-refractivity contribution < 1.29 is 17.9 Å². The topological polar surface area (TPSA) is 84.5 Å². The standard InChI is InChI=1S/C27H32N2O4S/c1-17(2)24-16-25(19(4)15-26(24)33-6)20(5)28-27(30)21-9-11-22(12-10-21)29-34(31,32)23-13-7-18(3)8-14-23/h7-17,20,29H,1-6H3,(H,28,30). The first-order valence-electron chi connectivity index (χ1n) is 11.2. The molecule has 0 aliphatic heterocycles. The first-order valence-corrected chi connectivity index (χ1v) is 12.7. The highest BCUT2D eigenvalue weighted by atomic mass is 32.2. The van der Waals surface area contributed by atoms with Crippen molar-refractivity contribution in [1.29, 1.82) is 0 Å². The minimum atomic E-state index is -3.70. The van der Waals surface area contributed by atoms with Gasteiger partial charge in [0.2, 0.25) is 0 Å². The van der Waals surface area contributed by atoms with Crippen molar-refractivity contribution in [2.45, 2.75) is 51.5 Å². The Morgan fingerprint density at radius 3 is 2.06 bits per heavy atom. The van der Waals surface area contributed by atoms with Crippen molar-refractivity contribution in [3.05, 3.63) is 88.5 Å². The van der Waals surface area contributed by atoms with E-state index in [-0.39, 0.29) is 22.8 Å². The maximum atomic E-state index is 12.9. The van der Waals surface area contributed by atoms with Crippen molar-refractivity contribution in [3.8, 4) is 5.75 Å². The van der Waals surface area contributed by atoms with Gasteiger partial charge in [0.05, 0.1) is 18.0 Å². The summed E-state index contributed by atoms with van der Waals surface area (Å²) in [6.07, 6.45) is 0. The van der Waals surface area contributed by atoms with Crippen LogP contribution in [0.4, 0.5) is 5.69 Å². The predicted octanol–water partition coefficient (Wildman–Crippen LogP) is 5.73. The van der Waals surface area contributed by atoms with Gasteiger partial charge in [-0.15, -0.1) is 0 Å². The summed E-state index contributed by atoms with van der Waals surface area (Å²) in [5.74, 6) is 0.897. The molecule has 180 valence electrons. The lowest BCUT2D eigenvalue weighted by Crippen LogP contribution is -2.27. The predicted molar refractivity (Wildman–Crippen MR) is 136 cm³/mol. The lowest BCUT2D eigenvalue weighted by Gasteiger charge is -2.21. The molecule has 1 atom stereocenters. The Morgan fingerprint density at radius 1 is 0.882 bits per heavy atom. The highest BCUT2D eigenvalue weighted by Crippen LogP contribution is 2.32. The van der Waals surface area contributed by atoms with Gasteiger partial charge in [0.15, 0.2) is 0 Å². The first-order chi connectivity index (χ1) is 16.0. The number of aryl methyl sites for hydroxylation is 2. The molecular weight excluding hydrogens is 448 g/mol. The van der Waals surface area contributed by atoms with Crippen LogP contribution in [0.15, 0.2) is 65.6 Å². The van der Waals surface area contributed by atoms with Gasteiger partial charge in [0, 0.05) is 11.3 Å². The van der Waals surface area contributed by atoms with Crippen molar-refractivity contribution in [1.82, 2.24) is 5.32 Å². The largest absolute Gasteiger partial charge is 0.496 e. The minimum absolute atomic E-state index is 0.185. The fourth-order valence-corrected chi connectivity index (χ4v) is 4.85. The van der Waals surface area contributed by atoms with Crippen LogP contribution in [-0.2, 0) is 10.0 Å². The van der Waals surface area contributed by atoms with E-state index < -0.39 is 10.0 Å². The number of carbonyl (C=O) groups is 1. The van der Waals surface area contributed by atoms with Crippen LogP contribution in [0, 0.1) is 13.8 Å². The van der Waals surface area contributed by atoms with Crippen LogP contribution >= 0.6 is 0 Å². The number of hydrogen-bond acceptors (Lipinski definition) is 4. The fourth-order valence-electron chi connectivity index (χ4n) is 3.79. The molecule has 6 nitrogen and oxygen atoms in total. The average molecular weight is 481 g/mol. The molecule has 1 unspecified atom stereocenters. The molecule has 0 fully saturated rings. The molecule has 0 spiro atoms. The van der Waals surface area contributed by atoms with Crippen molar-refractivity contribution >= 4 is 21.6 Å². The molecule has 1 amide bonds. The Bertz CT molecular complexity index is 1270. The molecule has 0 aliphatic rings.